The van der Waals surface area contributed by atoms with Crippen LogP contribution in [-0.2, 0) is 14.1 Å². The maximum absolute atomic E-state index is 12.2. The fourth-order valence-corrected chi connectivity index (χ4v) is 3.41. The lowest BCUT2D eigenvalue weighted by atomic mass is 10.3. The Morgan fingerprint density at radius 1 is 0.893 bits per heavy atom. The number of hydrogen-bond acceptors (Lipinski definition) is 7. The number of nitrogens with zero attached hydrogens (tertiary/aromatic N) is 8. The van der Waals surface area contributed by atoms with Crippen LogP contribution in [-0.4, -0.2) is 55.1 Å². The monoisotopic (exact) mass is 382 g/mol. The highest BCUT2D eigenvalue weighted by Gasteiger charge is 2.22. The van der Waals surface area contributed by atoms with E-state index in [2.05, 4.69) is 24.9 Å². The van der Waals surface area contributed by atoms with Gasteiger partial charge in [-0.1, -0.05) is 0 Å². The minimum absolute atomic E-state index is 0.296. The van der Waals surface area contributed by atoms with Crippen molar-refractivity contribution in [3.8, 4) is 5.82 Å². The smallest absolute Gasteiger partial charge is 0.332 e. The minimum atomic E-state index is -0.319. The van der Waals surface area contributed by atoms with Crippen LogP contribution in [0.1, 0.15) is 5.82 Å². The molecule has 0 aromatic carbocycles. The van der Waals surface area contributed by atoms with E-state index >= 15 is 0 Å². The van der Waals surface area contributed by atoms with Gasteiger partial charge in [-0.3, -0.25) is 13.9 Å². The molecule has 1 saturated heterocycles. The fourth-order valence-electron chi connectivity index (χ4n) is 3.41. The summed E-state index contributed by atoms with van der Waals surface area (Å²) in [5, 5.41) is 4.23. The van der Waals surface area contributed by atoms with Crippen LogP contribution >= 0.6 is 0 Å². The van der Waals surface area contributed by atoms with Gasteiger partial charge in [0.15, 0.2) is 5.82 Å². The number of rotatable bonds is 3. The summed E-state index contributed by atoms with van der Waals surface area (Å²) in [5.74, 6) is 2.89. The first-order valence-electron chi connectivity index (χ1n) is 9.07. The predicted octanol–water partition coefficient (Wildman–Crippen LogP) is -0.305. The molecule has 0 amide bonds. The van der Waals surface area contributed by atoms with Crippen molar-refractivity contribution in [1.29, 1.82) is 0 Å². The largest absolute Gasteiger partial charge is 0.354 e. The van der Waals surface area contributed by atoms with E-state index in [9.17, 15) is 9.59 Å². The molecule has 0 radical (unpaired) electrons. The lowest BCUT2D eigenvalue weighted by Crippen LogP contribution is -2.49. The van der Waals surface area contributed by atoms with Crippen LogP contribution in [0.5, 0.6) is 0 Å². The van der Waals surface area contributed by atoms with Crippen molar-refractivity contribution >= 4 is 11.6 Å². The molecule has 1 aliphatic rings. The number of aromatic nitrogens is 6. The van der Waals surface area contributed by atoms with E-state index < -0.39 is 0 Å². The van der Waals surface area contributed by atoms with Gasteiger partial charge >= 0.3 is 5.69 Å². The van der Waals surface area contributed by atoms with Gasteiger partial charge in [0.2, 0.25) is 0 Å². The molecule has 146 valence electrons. The summed E-state index contributed by atoms with van der Waals surface area (Å²) in [7, 11) is 3.18. The van der Waals surface area contributed by atoms with Gasteiger partial charge in [0.25, 0.3) is 5.56 Å². The fraction of sp³-hybridized carbons (Fsp3) is 0.389. The van der Waals surface area contributed by atoms with E-state index in [4.69, 9.17) is 0 Å². The summed E-state index contributed by atoms with van der Waals surface area (Å²) in [6, 6.07) is 5.29. The molecule has 0 saturated carbocycles. The van der Waals surface area contributed by atoms with Crippen LogP contribution in [0.15, 0.2) is 40.2 Å². The van der Waals surface area contributed by atoms with E-state index in [0.29, 0.717) is 24.7 Å². The van der Waals surface area contributed by atoms with Gasteiger partial charge in [-0.25, -0.2) is 19.4 Å². The molecule has 0 spiro atoms. The van der Waals surface area contributed by atoms with Gasteiger partial charge in [-0.05, 0) is 13.0 Å². The Bertz CT molecular complexity index is 1110. The third-order valence-corrected chi connectivity index (χ3v) is 4.98. The van der Waals surface area contributed by atoms with Crippen LogP contribution in [0.25, 0.3) is 5.82 Å². The van der Waals surface area contributed by atoms with Gasteiger partial charge in [0.1, 0.15) is 17.5 Å². The molecule has 4 rings (SSSR count). The van der Waals surface area contributed by atoms with Gasteiger partial charge in [-0.15, -0.1) is 0 Å². The minimum Gasteiger partial charge on any atom is -0.354 e. The lowest BCUT2D eigenvalue weighted by molar-refractivity contribution is 0.606. The van der Waals surface area contributed by atoms with Crippen molar-refractivity contribution in [2.45, 2.75) is 6.92 Å². The normalized spacial score (nSPS) is 14.5. The molecular formula is C18H22N8O2. The molecule has 3 aromatic heterocycles. The molecule has 4 heterocycles. The van der Waals surface area contributed by atoms with Gasteiger partial charge in [0.05, 0.1) is 0 Å². The summed E-state index contributed by atoms with van der Waals surface area (Å²) < 4.78 is 4.34. The molecular weight excluding hydrogens is 360 g/mol. The van der Waals surface area contributed by atoms with Crippen molar-refractivity contribution in [2.75, 3.05) is 36.0 Å². The second-order valence-electron chi connectivity index (χ2n) is 6.80. The summed E-state index contributed by atoms with van der Waals surface area (Å²) >= 11 is 0. The summed E-state index contributed by atoms with van der Waals surface area (Å²) in [6.45, 7) is 4.67. The predicted molar refractivity (Wildman–Crippen MR) is 105 cm³/mol. The van der Waals surface area contributed by atoms with Crippen LogP contribution in [0.3, 0.4) is 0 Å². The second kappa shape index (κ2) is 6.95. The van der Waals surface area contributed by atoms with Crippen molar-refractivity contribution < 1.29 is 0 Å². The number of anilines is 2. The molecule has 0 N–H and O–H groups in total. The Labute approximate surface area is 161 Å². The average Bonchev–Trinajstić information content (AvgIpc) is 3.24. The van der Waals surface area contributed by atoms with E-state index in [0.717, 1.165) is 29.3 Å². The second-order valence-corrected chi connectivity index (χ2v) is 6.80. The standard InChI is InChI=1S/C18H22N8O2/c1-13-20-14(11-15(21-13)26-6-4-5-19-26)24-7-9-25(10-8-24)16-12-17(27)23(3)18(28)22(16)2/h4-6,11-12H,7-10H2,1-3H3. The highest BCUT2D eigenvalue weighted by Crippen LogP contribution is 2.19. The third kappa shape index (κ3) is 3.17. The van der Waals surface area contributed by atoms with E-state index in [1.807, 2.05) is 25.3 Å². The summed E-state index contributed by atoms with van der Waals surface area (Å²) in [4.78, 5) is 37.5. The Morgan fingerprint density at radius 3 is 2.25 bits per heavy atom. The first-order chi connectivity index (χ1) is 13.4. The molecule has 1 aliphatic heterocycles. The molecule has 28 heavy (non-hydrogen) atoms. The first-order valence-corrected chi connectivity index (χ1v) is 9.07. The zero-order chi connectivity index (χ0) is 19.8. The quantitative estimate of drug-likeness (QED) is 0.614. The van der Waals surface area contributed by atoms with Crippen LogP contribution < -0.4 is 21.0 Å². The highest BCUT2D eigenvalue weighted by molar-refractivity contribution is 5.47. The molecule has 0 aliphatic carbocycles. The van der Waals surface area contributed by atoms with Gasteiger partial charge in [0, 0.05) is 64.8 Å². The van der Waals surface area contributed by atoms with Gasteiger partial charge < -0.3 is 9.80 Å². The molecule has 1 fully saturated rings. The molecule has 0 unspecified atom stereocenters. The van der Waals surface area contributed by atoms with Crippen molar-refractivity contribution in [3.63, 3.8) is 0 Å². The maximum atomic E-state index is 12.2. The van der Waals surface area contributed by atoms with E-state index in [1.54, 1.807) is 17.9 Å². The third-order valence-electron chi connectivity index (χ3n) is 4.98. The Morgan fingerprint density at radius 2 is 1.57 bits per heavy atom. The molecule has 10 nitrogen and oxygen atoms in total. The molecule has 10 heteroatoms. The number of hydrogen-bond donors (Lipinski definition) is 0. The number of piperazine rings is 1. The SMILES string of the molecule is Cc1nc(N2CCN(c3cc(=O)n(C)c(=O)n3C)CC2)cc(-n2cccn2)n1. The highest BCUT2D eigenvalue weighted by atomic mass is 16.2. The van der Waals surface area contributed by atoms with Crippen LogP contribution in [0.4, 0.5) is 11.6 Å². The van der Waals surface area contributed by atoms with Gasteiger partial charge in [-0.2, -0.15) is 5.10 Å². The summed E-state index contributed by atoms with van der Waals surface area (Å²) in [6.07, 6.45) is 3.56. The van der Waals surface area contributed by atoms with Crippen LogP contribution in [0.2, 0.25) is 0 Å². The molecule has 0 bridgehead atoms. The summed E-state index contributed by atoms with van der Waals surface area (Å²) in [5.41, 5.74) is -0.615. The average molecular weight is 382 g/mol. The zero-order valence-corrected chi connectivity index (χ0v) is 16.1. The lowest BCUT2D eigenvalue weighted by Gasteiger charge is -2.37. The van der Waals surface area contributed by atoms with Crippen molar-refractivity contribution in [3.05, 3.63) is 57.3 Å². The zero-order valence-electron chi connectivity index (χ0n) is 16.1. The van der Waals surface area contributed by atoms with E-state index in [1.165, 1.54) is 17.7 Å². The number of aryl methyl sites for hydroxylation is 1. The van der Waals surface area contributed by atoms with Crippen molar-refractivity contribution in [1.82, 2.24) is 28.9 Å². The topological polar surface area (TPSA) is 94.1 Å². The first kappa shape index (κ1) is 18.0. The van der Waals surface area contributed by atoms with Crippen LogP contribution in [0, 0.1) is 6.92 Å². The van der Waals surface area contributed by atoms with E-state index in [-0.39, 0.29) is 11.2 Å². The van der Waals surface area contributed by atoms with Crippen molar-refractivity contribution in [2.24, 2.45) is 14.1 Å². The Kier molecular flexibility index (Phi) is 4.46. The molecule has 0 atom stereocenters. The molecule has 3 aromatic rings. The maximum Gasteiger partial charge on any atom is 0.332 e. The Hall–Kier alpha value is -3.43. The Balaban J connectivity index is 1.56.